The molecule has 0 aliphatic rings. The zero-order valence-corrected chi connectivity index (χ0v) is 17.4. The molecule has 0 bridgehead atoms. The lowest BCUT2D eigenvalue weighted by molar-refractivity contribution is 0.797. The molecule has 0 spiro atoms. The molecule has 156 valence electrons. The minimum Gasteiger partial charge on any atom is -0.382 e. The van der Waals surface area contributed by atoms with E-state index in [1.807, 2.05) is 72.8 Å². The number of amidine groups is 1. The van der Waals surface area contributed by atoms with E-state index in [2.05, 4.69) is 45.6 Å². The molecule has 1 atom stereocenters. The van der Waals surface area contributed by atoms with E-state index in [1.54, 1.807) is 0 Å². The molecule has 0 aliphatic heterocycles. The van der Waals surface area contributed by atoms with Crippen LogP contribution in [0.4, 0.5) is 11.4 Å². The summed E-state index contributed by atoms with van der Waals surface area (Å²) >= 11 is 0. The number of hydrogen-bond acceptors (Lipinski definition) is 4. The van der Waals surface area contributed by atoms with Gasteiger partial charge in [-0.25, -0.2) is 9.98 Å². The fourth-order valence-corrected chi connectivity index (χ4v) is 3.85. The average molecular weight is 418 g/mol. The van der Waals surface area contributed by atoms with Crippen molar-refractivity contribution in [2.75, 3.05) is 5.32 Å². The van der Waals surface area contributed by atoms with Crippen LogP contribution < -0.4 is 16.8 Å². The van der Waals surface area contributed by atoms with Gasteiger partial charge in [0.2, 0.25) is 0 Å². The van der Waals surface area contributed by atoms with E-state index in [0.29, 0.717) is 17.2 Å². The summed E-state index contributed by atoms with van der Waals surface area (Å²) in [4.78, 5) is 9.34. The lowest BCUT2D eigenvalue weighted by Gasteiger charge is -2.17. The van der Waals surface area contributed by atoms with Crippen LogP contribution in [0.25, 0.3) is 21.5 Å². The molecule has 5 heteroatoms. The van der Waals surface area contributed by atoms with Gasteiger partial charge in [0.25, 0.3) is 0 Å². The lowest BCUT2D eigenvalue weighted by Crippen LogP contribution is -2.23. The minimum atomic E-state index is -0.494. The van der Waals surface area contributed by atoms with E-state index in [4.69, 9.17) is 11.5 Å². The summed E-state index contributed by atoms with van der Waals surface area (Å²) in [5.41, 5.74) is 15.8. The van der Waals surface area contributed by atoms with Gasteiger partial charge >= 0.3 is 0 Å². The second-order valence-corrected chi connectivity index (χ2v) is 7.59. The minimum absolute atomic E-state index is 0.348. The van der Waals surface area contributed by atoms with Gasteiger partial charge in [0.1, 0.15) is 17.7 Å². The molecular weight excluding hydrogens is 394 g/mol. The van der Waals surface area contributed by atoms with Gasteiger partial charge in [-0.3, -0.25) is 0 Å². The van der Waals surface area contributed by atoms with Crippen molar-refractivity contribution in [3.8, 4) is 0 Å². The van der Waals surface area contributed by atoms with Crippen molar-refractivity contribution >= 4 is 38.8 Å². The van der Waals surface area contributed by atoms with Gasteiger partial charge in [-0.2, -0.15) is 0 Å². The SMILES string of the molecule is NC(=Nc1cccc2ccccc12)c1cccc(C(N)Nc2cccc3ccccc23)n1. The van der Waals surface area contributed by atoms with Gasteiger partial charge < -0.3 is 16.8 Å². The summed E-state index contributed by atoms with van der Waals surface area (Å²) in [6, 6.07) is 34.0. The lowest BCUT2D eigenvalue weighted by atomic mass is 10.1. The molecule has 4 aromatic carbocycles. The topological polar surface area (TPSA) is 89.3 Å². The highest BCUT2D eigenvalue weighted by Crippen LogP contribution is 2.27. The number of nitrogens with one attached hydrogen (secondary N) is 1. The predicted molar refractivity (Wildman–Crippen MR) is 133 cm³/mol. The first-order chi connectivity index (χ1) is 15.7. The second kappa shape index (κ2) is 8.49. The Morgan fingerprint density at radius 2 is 1.34 bits per heavy atom. The number of nitrogens with zero attached hydrogens (tertiary/aromatic N) is 2. The number of hydrogen-bond donors (Lipinski definition) is 3. The van der Waals surface area contributed by atoms with Gasteiger partial charge in [0.05, 0.1) is 11.4 Å². The molecule has 0 saturated heterocycles. The molecule has 32 heavy (non-hydrogen) atoms. The van der Waals surface area contributed by atoms with Crippen molar-refractivity contribution in [1.82, 2.24) is 4.98 Å². The molecule has 5 rings (SSSR count). The number of pyridine rings is 1. The van der Waals surface area contributed by atoms with Crippen LogP contribution in [0, 0.1) is 0 Å². The van der Waals surface area contributed by atoms with E-state index in [-0.39, 0.29) is 0 Å². The largest absolute Gasteiger partial charge is 0.382 e. The maximum atomic E-state index is 6.46. The van der Waals surface area contributed by atoms with E-state index in [1.165, 1.54) is 0 Å². The van der Waals surface area contributed by atoms with Gasteiger partial charge in [-0.1, -0.05) is 78.9 Å². The van der Waals surface area contributed by atoms with Crippen molar-refractivity contribution < 1.29 is 0 Å². The molecule has 0 amide bonds. The Morgan fingerprint density at radius 1 is 0.719 bits per heavy atom. The zero-order valence-electron chi connectivity index (χ0n) is 17.4. The first-order valence-corrected chi connectivity index (χ1v) is 10.5. The number of fused-ring (bicyclic) bond motifs is 2. The first-order valence-electron chi connectivity index (χ1n) is 10.5. The third-order valence-corrected chi connectivity index (χ3v) is 5.46. The molecule has 5 aromatic rings. The van der Waals surface area contributed by atoms with Crippen molar-refractivity contribution in [1.29, 1.82) is 0 Å². The number of nitrogens with two attached hydrogens (primary N) is 2. The quantitative estimate of drug-likeness (QED) is 0.200. The van der Waals surface area contributed by atoms with Crippen molar-refractivity contribution in [3.63, 3.8) is 0 Å². The first kappa shape index (κ1) is 19.7. The maximum absolute atomic E-state index is 6.46. The highest BCUT2D eigenvalue weighted by molar-refractivity contribution is 6.01. The summed E-state index contributed by atoms with van der Waals surface area (Å²) in [5, 5.41) is 7.80. The zero-order chi connectivity index (χ0) is 21.9. The fourth-order valence-electron chi connectivity index (χ4n) is 3.85. The Hall–Kier alpha value is -4.22. The standard InChI is InChI=1S/C27H23N5/c28-26(31-22-14-5-10-18-8-1-3-12-20(18)22)24-16-7-17-25(30-24)27(29)32-23-15-6-11-19-9-2-4-13-21(19)23/h1-17,26,31H,28H2,(H2,29,32). The highest BCUT2D eigenvalue weighted by Gasteiger charge is 2.11. The van der Waals surface area contributed by atoms with Crippen LogP contribution in [0.3, 0.4) is 0 Å². The summed E-state index contributed by atoms with van der Waals surface area (Å²) in [6.45, 7) is 0. The van der Waals surface area contributed by atoms with Crippen LogP contribution in [0.15, 0.2) is 108 Å². The maximum Gasteiger partial charge on any atom is 0.150 e. The molecule has 1 aromatic heterocycles. The van der Waals surface area contributed by atoms with Crippen molar-refractivity contribution in [3.05, 3.63) is 115 Å². The smallest absolute Gasteiger partial charge is 0.150 e. The van der Waals surface area contributed by atoms with E-state index in [0.717, 1.165) is 32.9 Å². The van der Waals surface area contributed by atoms with Gasteiger partial charge in [-0.15, -0.1) is 0 Å². The van der Waals surface area contributed by atoms with Gasteiger partial charge in [0.15, 0.2) is 0 Å². The monoisotopic (exact) mass is 417 g/mol. The molecule has 5 N–H and O–H groups in total. The summed E-state index contributed by atoms with van der Waals surface area (Å²) < 4.78 is 0. The normalized spacial score (nSPS) is 12.7. The number of aliphatic imine (C=N–C) groups is 1. The van der Waals surface area contributed by atoms with E-state index >= 15 is 0 Å². The molecule has 0 radical (unpaired) electrons. The van der Waals surface area contributed by atoms with Gasteiger partial charge in [0, 0.05) is 16.5 Å². The van der Waals surface area contributed by atoms with Crippen LogP contribution in [0.2, 0.25) is 0 Å². The van der Waals surface area contributed by atoms with Crippen LogP contribution in [0.1, 0.15) is 17.6 Å². The Balaban J connectivity index is 1.44. The number of anilines is 1. The van der Waals surface area contributed by atoms with Gasteiger partial charge in [-0.05, 0) is 35.0 Å². The molecule has 0 fully saturated rings. The van der Waals surface area contributed by atoms with Crippen LogP contribution in [-0.2, 0) is 0 Å². The Kier molecular flexibility index (Phi) is 5.24. The predicted octanol–water partition coefficient (Wildman–Crippen LogP) is 5.49. The highest BCUT2D eigenvalue weighted by atomic mass is 15.1. The van der Waals surface area contributed by atoms with Crippen molar-refractivity contribution in [2.45, 2.75) is 6.17 Å². The summed E-state index contributed by atoms with van der Waals surface area (Å²) in [7, 11) is 0. The molecular formula is C27H23N5. The van der Waals surface area contributed by atoms with Crippen LogP contribution in [-0.4, -0.2) is 10.8 Å². The third-order valence-electron chi connectivity index (χ3n) is 5.46. The molecule has 1 unspecified atom stereocenters. The molecule has 0 aliphatic carbocycles. The third kappa shape index (κ3) is 3.89. The number of benzene rings is 4. The Labute approximate surface area is 186 Å². The van der Waals surface area contributed by atoms with Crippen molar-refractivity contribution in [2.24, 2.45) is 16.5 Å². The Morgan fingerprint density at radius 3 is 2.16 bits per heavy atom. The second-order valence-electron chi connectivity index (χ2n) is 7.59. The van der Waals surface area contributed by atoms with Crippen LogP contribution >= 0.6 is 0 Å². The summed E-state index contributed by atoms with van der Waals surface area (Å²) in [5.74, 6) is 0.348. The molecule has 1 heterocycles. The number of aromatic nitrogens is 1. The average Bonchev–Trinajstić information content (AvgIpc) is 2.84. The molecule has 5 nitrogen and oxygen atoms in total. The molecule has 0 saturated carbocycles. The number of rotatable bonds is 5. The van der Waals surface area contributed by atoms with Crippen LogP contribution in [0.5, 0.6) is 0 Å². The Bertz CT molecular complexity index is 1430. The van der Waals surface area contributed by atoms with E-state index in [9.17, 15) is 0 Å². The fraction of sp³-hybridized carbons (Fsp3) is 0.0370. The summed E-state index contributed by atoms with van der Waals surface area (Å²) in [6.07, 6.45) is -0.494. The van der Waals surface area contributed by atoms with E-state index < -0.39 is 6.17 Å².